The number of carbonyl (C=O) groups is 4. The first kappa shape index (κ1) is 31.9. The van der Waals surface area contributed by atoms with E-state index >= 15 is 0 Å². The summed E-state index contributed by atoms with van der Waals surface area (Å²) in [5.41, 5.74) is -1.82. The number of Topliss-reactive ketones (excluding diaryl/α,β-unsaturated/α-hetero) is 1. The van der Waals surface area contributed by atoms with E-state index < -0.39 is 35.7 Å². The zero-order chi connectivity index (χ0) is 30.2. The molecule has 4 aliphatic carbocycles. The normalized spacial score (nSPS) is 38.2. The van der Waals surface area contributed by atoms with Crippen molar-refractivity contribution in [3.05, 3.63) is 0 Å². The minimum absolute atomic E-state index is 0.122. The number of aliphatic hydroxyl groups excluding tert-OH is 1. The van der Waals surface area contributed by atoms with Gasteiger partial charge in [0.1, 0.15) is 11.4 Å². The van der Waals surface area contributed by atoms with E-state index in [0.717, 1.165) is 38.5 Å². The van der Waals surface area contributed by atoms with E-state index in [-0.39, 0.29) is 36.4 Å². The fourth-order valence-electron chi connectivity index (χ4n) is 9.41. The van der Waals surface area contributed by atoms with Crippen LogP contribution in [0.15, 0.2) is 0 Å². The zero-order valence-corrected chi connectivity index (χ0v) is 25.9. The molecule has 232 valence electrons. The van der Waals surface area contributed by atoms with Crippen LogP contribution < -0.4 is 5.32 Å². The number of carbonyl (C=O) groups excluding carboxylic acids is 4. The van der Waals surface area contributed by atoms with E-state index in [9.17, 15) is 19.2 Å². The number of fused-ring (bicyclic) bond motifs is 5. The highest BCUT2D eigenvalue weighted by atomic mass is 16.6. The molecule has 2 N–H and O–H groups in total. The zero-order valence-electron chi connectivity index (χ0n) is 25.9. The van der Waals surface area contributed by atoms with Crippen LogP contribution in [-0.2, 0) is 33.4 Å². The fourth-order valence-corrected chi connectivity index (χ4v) is 9.41. The van der Waals surface area contributed by atoms with Gasteiger partial charge in [-0.25, -0.2) is 9.59 Å². The van der Waals surface area contributed by atoms with Gasteiger partial charge in [-0.15, -0.1) is 0 Å². The van der Waals surface area contributed by atoms with Crippen molar-refractivity contribution in [3.63, 3.8) is 0 Å². The van der Waals surface area contributed by atoms with Gasteiger partial charge in [0.2, 0.25) is 5.60 Å². The van der Waals surface area contributed by atoms with E-state index in [1.807, 2.05) is 6.92 Å². The number of hydrogen-bond donors (Lipinski definition) is 2. The molecule has 0 bridgehead atoms. The molecule has 41 heavy (non-hydrogen) atoms. The molecule has 4 rings (SSSR count). The molecule has 0 unspecified atom stereocenters. The van der Waals surface area contributed by atoms with E-state index in [4.69, 9.17) is 19.3 Å². The summed E-state index contributed by atoms with van der Waals surface area (Å²) < 4.78 is 16.3. The van der Waals surface area contributed by atoms with Gasteiger partial charge in [0, 0.05) is 12.5 Å². The maximum Gasteiger partial charge on any atom is 0.350 e. The van der Waals surface area contributed by atoms with Crippen LogP contribution in [0.2, 0.25) is 0 Å². The van der Waals surface area contributed by atoms with Gasteiger partial charge >= 0.3 is 17.9 Å². The Morgan fingerprint density at radius 2 is 1.61 bits per heavy atom. The lowest BCUT2D eigenvalue weighted by Gasteiger charge is -2.62. The van der Waals surface area contributed by atoms with Gasteiger partial charge in [0.15, 0.2) is 6.61 Å². The lowest BCUT2D eigenvalue weighted by molar-refractivity contribution is -0.191. The minimum atomic E-state index is -1.56. The molecule has 0 amide bonds. The summed E-state index contributed by atoms with van der Waals surface area (Å²) in [7, 11) is 0. The van der Waals surface area contributed by atoms with Crippen molar-refractivity contribution in [3.8, 4) is 0 Å². The molecule has 0 aromatic carbocycles. The van der Waals surface area contributed by atoms with Gasteiger partial charge in [-0.3, -0.25) is 9.59 Å². The van der Waals surface area contributed by atoms with Crippen LogP contribution in [0.1, 0.15) is 99.3 Å². The first-order valence-corrected chi connectivity index (χ1v) is 15.6. The van der Waals surface area contributed by atoms with Gasteiger partial charge in [0.05, 0.1) is 13.2 Å². The molecule has 8 atom stereocenters. The van der Waals surface area contributed by atoms with Crippen LogP contribution >= 0.6 is 0 Å². The van der Waals surface area contributed by atoms with Crippen molar-refractivity contribution in [1.29, 1.82) is 0 Å². The predicted molar refractivity (Wildman–Crippen MR) is 151 cm³/mol. The monoisotopic (exact) mass is 577 g/mol. The molecule has 0 radical (unpaired) electrons. The quantitative estimate of drug-likeness (QED) is 0.225. The van der Waals surface area contributed by atoms with E-state index in [1.54, 1.807) is 6.92 Å². The molecule has 0 saturated heterocycles. The number of rotatable bonds is 10. The Morgan fingerprint density at radius 3 is 2.29 bits per heavy atom. The molecule has 9 nitrogen and oxygen atoms in total. The second-order valence-corrected chi connectivity index (χ2v) is 14.5. The van der Waals surface area contributed by atoms with Crippen molar-refractivity contribution in [2.24, 2.45) is 40.4 Å². The molecule has 0 spiro atoms. The second kappa shape index (κ2) is 11.9. The van der Waals surface area contributed by atoms with Gasteiger partial charge in [-0.2, -0.15) is 0 Å². The number of aliphatic hydroxyl groups is 1. The third-order valence-corrected chi connectivity index (χ3v) is 11.5. The molecule has 0 aromatic rings. The minimum Gasteiger partial charge on any atom is -0.457 e. The highest BCUT2D eigenvalue weighted by Gasteiger charge is 2.61. The molecule has 0 aromatic heterocycles. The summed E-state index contributed by atoms with van der Waals surface area (Å²) in [6, 6.07) is 0. The van der Waals surface area contributed by atoms with Crippen molar-refractivity contribution in [2.45, 2.75) is 111 Å². The van der Waals surface area contributed by atoms with E-state index in [1.165, 1.54) is 33.1 Å². The van der Waals surface area contributed by atoms with Crippen molar-refractivity contribution in [1.82, 2.24) is 5.32 Å². The highest BCUT2D eigenvalue weighted by molar-refractivity contribution is 5.85. The molecule has 0 heterocycles. The van der Waals surface area contributed by atoms with Crippen molar-refractivity contribution >= 4 is 23.7 Å². The average molecular weight is 578 g/mol. The Bertz CT molecular complexity index is 1030. The number of esters is 3. The average Bonchev–Trinajstić information content (AvgIpc) is 3.25. The lowest BCUT2D eigenvalue weighted by atomic mass is 9.44. The number of ether oxygens (including phenoxy) is 3. The third kappa shape index (κ3) is 6.36. The van der Waals surface area contributed by atoms with E-state index in [0.29, 0.717) is 29.5 Å². The SMILES string of the molecule is CC(=O)[C@H]1CC[C@H]2[C@@H]3CC[C@H]4C[C@](C)(OC(=O)COC(=O)C(C)(C)OC(=O)CNCCO)CC[C@]4(C)[C@H]3CC[C@]12C. The van der Waals surface area contributed by atoms with Crippen LogP contribution in [0.25, 0.3) is 0 Å². The Labute approximate surface area is 244 Å². The Hall–Kier alpha value is -2.00. The molecular formula is C32H51NO8. The van der Waals surface area contributed by atoms with E-state index in [2.05, 4.69) is 19.2 Å². The van der Waals surface area contributed by atoms with Crippen LogP contribution in [0.5, 0.6) is 0 Å². The van der Waals surface area contributed by atoms with Crippen LogP contribution in [0.4, 0.5) is 0 Å². The highest BCUT2D eigenvalue weighted by Crippen LogP contribution is 2.68. The summed E-state index contributed by atoms with van der Waals surface area (Å²) in [6.45, 7) is 10.8. The Kier molecular flexibility index (Phi) is 9.30. The van der Waals surface area contributed by atoms with Crippen molar-refractivity contribution < 1.29 is 38.5 Å². The topological polar surface area (TPSA) is 128 Å². The Morgan fingerprint density at radius 1 is 0.902 bits per heavy atom. The molecule has 4 saturated carbocycles. The molecule has 0 aliphatic heterocycles. The van der Waals surface area contributed by atoms with Gasteiger partial charge in [-0.05, 0) is 120 Å². The molecule has 4 aliphatic rings. The molecule has 9 heteroatoms. The first-order chi connectivity index (χ1) is 19.1. The summed E-state index contributed by atoms with van der Waals surface area (Å²) in [6.07, 6.45) is 9.39. The van der Waals surface area contributed by atoms with Crippen LogP contribution in [-0.4, -0.2) is 66.3 Å². The maximum absolute atomic E-state index is 12.8. The van der Waals surface area contributed by atoms with Gasteiger partial charge in [0.25, 0.3) is 0 Å². The fraction of sp³-hybridized carbons (Fsp3) is 0.875. The summed E-state index contributed by atoms with van der Waals surface area (Å²) in [5, 5.41) is 11.5. The largest absolute Gasteiger partial charge is 0.457 e. The maximum atomic E-state index is 12.8. The van der Waals surface area contributed by atoms with Gasteiger partial charge < -0.3 is 24.6 Å². The number of ketones is 1. The Balaban J connectivity index is 1.30. The first-order valence-electron chi connectivity index (χ1n) is 15.6. The number of hydrogen-bond acceptors (Lipinski definition) is 9. The molecule has 4 fully saturated rings. The summed E-state index contributed by atoms with van der Waals surface area (Å²) in [4.78, 5) is 49.7. The number of nitrogens with one attached hydrogen (secondary N) is 1. The van der Waals surface area contributed by atoms with Crippen LogP contribution in [0, 0.1) is 40.4 Å². The predicted octanol–water partition coefficient (Wildman–Crippen LogP) is 3.98. The third-order valence-electron chi connectivity index (χ3n) is 11.5. The molecular weight excluding hydrogens is 526 g/mol. The van der Waals surface area contributed by atoms with Crippen LogP contribution in [0.3, 0.4) is 0 Å². The second-order valence-electron chi connectivity index (χ2n) is 14.5. The summed E-state index contributed by atoms with van der Waals surface area (Å²) >= 11 is 0. The smallest absolute Gasteiger partial charge is 0.350 e. The summed E-state index contributed by atoms with van der Waals surface area (Å²) in [5.74, 6) is 0.916. The standard InChI is InChI=1S/C32H51NO8/c1-20(35)23-9-10-24-22-8-7-21-17-30(4,13-14-31(21,5)25(22)11-12-32(23,24)6)41-27(37)19-39-28(38)29(2,3)40-26(36)18-33-15-16-34/h21-25,33-34H,7-19H2,1-6H3/t21-,22-,23+,24-,25-,30+,31-,32+/m0/s1. The van der Waals surface area contributed by atoms with Crippen molar-refractivity contribution in [2.75, 3.05) is 26.3 Å². The lowest BCUT2D eigenvalue weighted by Crippen LogP contribution is -2.56. The van der Waals surface area contributed by atoms with Gasteiger partial charge in [-0.1, -0.05) is 13.8 Å².